The standard InChI is InChI=1S/C27H38F3N3.2C2H6/c1-9-11-16-33(8)20(5)23(10-2)19(4)31-18(3)21-12-14-24-22(17-21)13-15-25(32-24)26(6,7)27(28,29)30;2*1-2/h9-10,13,15,19,21,31H,1-3,11-12,14,16-17H2,4-8H3;2*1-2H3/b23-20+;;. The van der Waals surface area contributed by atoms with Gasteiger partial charge in [0.15, 0.2) is 0 Å². The number of fused-ring (bicyclic) bond motifs is 1. The largest absolute Gasteiger partial charge is 0.399 e. The third kappa shape index (κ3) is 9.08. The van der Waals surface area contributed by atoms with Crippen molar-refractivity contribution >= 4 is 0 Å². The first-order valence-electron chi connectivity index (χ1n) is 13.5. The van der Waals surface area contributed by atoms with Gasteiger partial charge in [-0.05, 0) is 70.6 Å². The maximum absolute atomic E-state index is 13.4. The number of allylic oxidation sites excluding steroid dienone is 2. The van der Waals surface area contributed by atoms with Gasteiger partial charge in [0.2, 0.25) is 0 Å². The molecule has 0 spiro atoms. The lowest BCUT2D eigenvalue weighted by Crippen LogP contribution is -2.38. The Kier molecular flexibility index (Phi) is 14.6. The molecule has 0 aliphatic heterocycles. The molecule has 2 rings (SSSR count). The molecule has 2 unspecified atom stereocenters. The molecular formula is C31H50F3N3. The van der Waals surface area contributed by atoms with Crippen molar-refractivity contribution in [3.8, 4) is 0 Å². The zero-order chi connectivity index (χ0) is 29.0. The highest BCUT2D eigenvalue weighted by Crippen LogP contribution is 2.40. The SMILES string of the molecule is C=CCCN(C)/C(C)=C(\C=C)C(C)NC(=C)C1CCc2nc(C(C)(C)C(F)(F)F)ccc2C1.CC.CC. The molecule has 1 heterocycles. The van der Waals surface area contributed by atoms with Crippen LogP contribution in [0.3, 0.4) is 0 Å². The van der Waals surface area contributed by atoms with E-state index in [1.54, 1.807) is 0 Å². The molecule has 2 atom stereocenters. The van der Waals surface area contributed by atoms with Crippen molar-refractivity contribution in [3.63, 3.8) is 0 Å². The van der Waals surface area contributed by atoms with E-state index >= 15 is 0 Å². The molecule has 1 aromatic heterocycles. The molecule has 210 valence electrons. The molecular weight excluding hydrogens is 471 g/mol. The molecule has 0 radical (unpaired) electrons. The lowest BCUT2D eigenvalue weighted by atomic mass is 9.82. The Bertz CT molecular complexity index is 913. The predicted molar refractivity (Wildman–Crippen MR) is 154 cm³/mol. The Labute approximate surface area is 224 Å². The first-order valence-corrected chi connectivity index (χ1v) is 13.5. The number of aryl methyl sites for hydroxylation is 1. The summed E-state index contributed by atoms with van der Waals surface area (Å²) in [4.78, 5) is 6.61. The van der Waals surface area contributed by atoms with E-state index in [1.807, 2.05) is 45.9 Å². The minimum atomic E-state index is -4.34. The highest BCUT2D eigenvalue weighted by Gasteiger charge is 2.49. The van der Waals surface area contributed by atoms with Crippen LogP contribution < -0.4 is 5.32 Å². The van der Waals surface area contributed by atoms with Gasteiger partial charge in [0.05, 0.1) is 5.69 Å². The van der Waals surface area contributed by atoms with Crippen LogP contribution in [0, 0.1) is 5.92 Å². The van der Waals surface area contributed by atoms with Crippen molar-refractivity contribution in [3.05, 3.63) is 77.9 Å². The third-order valence-corrected chi connectivity index (χ3v) is 6.85. The summed E-state index contributed by atoms with van der Waals surface area (Å²) < 4.78 is 40.3. The monoisotopic (exact) mass is 521 g/mol. The zero-order valence-corrected chi connectivity index (χ0v) is 24.6. The normalized spacial score (nSPS) is 16.4. The van der Waals surface area contributed by atoms with E-state index in [2.05, 4.69) is 55.8 Å². The molecule has 0 aromatic carbocycles. The van der Waals surface area contributed by atoms with Gasteiger partial charge < -0.3 is 10.2 Å². The molecule has 1 aromatic rings. The van der Waals surface area contributed by atoms with Crippen molar-refractivity contribution in [1.82, 2.24) is 15.2 Å². The van der Waals surface area contributed by atoms with Crippen molar-refractivity contribution in [2.45, 2.75) is 98.7 Å². The first-order chi connectivity index (χ1) is 17.3. The van der Waals surface area contributed by atoms with Crippen LogP contribution in [0.1, 0.15) is 85.2 Å². The number of hydrogen-bond donors (Lipinski definition) is 1. The Balaban J connectivity index is 0.00000308. The molecule has 37 heavy (non-hydrogen) atoms. The number of rotatable bonds is 10. The van der Waals surface area contributed by atoms with Gasteiger partial charge in [-0.25, -0.2) is 0 Å². The van der Waals surface area contributed by atoms with Crippen LogP contribution in [0.5, 0.6) is 0 Å². The Morgan fingerprint density at radius 3 is 2.30 bits per heavy atom. The average Bonchev–Trinajstić information content (AvgIpc) is 2.88. The summed E-state index contributed by atoms with van der Waals surface area (Å²) in [5.41, 5.74) is 3.08. The molecule has 1 aliphatic carbocycles. The first kappa shape index (κ1) is 34.5. The van der Waals surface area contributed by atoms with Crippen LogP contribution in [0.15, 0.2) is 61.0 Å². The summed E-state index contributed by atoms with van der Waals surface area (Å²) in [6, 6.07) is 3.37. The van der Waals surface area contributed by atoms with E-state index in [0.717, 1.165) is 54.0 Å². The summed E-state index contributed by atoms with van der Waals surface area (Å²) in [5, 5.41) is 3.54. The van der Waals surface area contributed by atoms with Gasteiger partial charge >= 0.3 is 6.18 Å². The smallest absolute Gasteiger partial charge is 0.382 e. The van der Waals surface area contributed by atoms with Gasteiger partial charge in [-0.1, -0.05) is 59.1 Å². The number of alkyl halides is 3. The number of hydrogen-bond acceptors (Lipinski definition) is 3. The lowest BCUT2D eigenvalue weighted by Gasteiger charge is -2.32. The lowest BCUT2D eigenvalue weighted by molar-refractivity contribution is -0.181. The summed E-state index contributed by atoms with van der Waals surface area (Å²) in [7, 11) is 2.06. The molecule has 3 nitrogen and oxygen atoms in total. The van der Waals surface area contributed by atoms with Crippen LogP contribution in [0.4, 0.5) is 13.2 Å². The van der Waals surface area contributed by atoms with Gasteiger partial charge in [0.1, 0.15) is 5.41 Å². The Morgan fingerprint density at radius 1 is 1.19 bits per heavy atom. The molecule has 1 N–H and O–H groups in total. The minimum absolute atomic E-state index is 0.0377. The molecule has 6 heteroatoms. The second-order valence-electron chi connectivity index (χ2n) is 9.50. The zero-order valence-electron chi connectivity index (χ0n) is 24.6. The quantitative estimate of drug-likeness (QED) is 0.247. The number of nitrogens with one attached hydrogen (secondary N) is 1. The van der Waals surface area contributed by atoms with Crippen LogP contribution in [0.25, 0.3) is 0 Å². The Morgan fingerprint density at radius 2 is 1.78 bits per heavy atom. The fraction of sp³-hybridized carbons (Fsp3) is 0.581. The maximum Gasteiger partial charge on any atom is 0.399 e. The van der Waals surface area contributed by atoms with Crippen molar-refractivity contribution in [1.29, 1.82) is 0 Å². The van der Waals surface area contributed by atoms with E-state index in [4.69, 9.17) is 0 Å². The van der Waals surface area contributed by atoms with E-state index in [-0.39, 0.29) is 17.7 Å². The molecule has 1 aliphatic rings. The fourth-order valence-corrected chi connectivity index (χ4v) is 4.19. The van der Waals surface area contributed by atoms with Crippen LogP contribution in [-0.4, -0.2) is 35.7 Å². The summed E-state index contributed by atoms with van der Waals surface area (Å²) >= 11 is 0. The highest BCUT2D eigenvalue weighted by atomic mass is 19.4. The van der Waals surface area contributed by atoms with Crippen LogP contribution in [-0.2, 0) is 18.3 Å². The second kappa shape index (κ2) is 15.7. The van der Waals surface area contributed by atoms with Crippen LogP contribution >= 0.6 is 0 Å². The summed E-state index contributed by atoms with van der Waals surface area (Å²) in [5.74, 6) is 0.202. The number of halogens is 3. The minimum Gasteiger partial charge on any atom is -0.382 e. The topological polar surface area (TPSA) is 28.2 Å². The van der Waals surface area contributed by atoms with Crippen molar-refractivity contribution in [2.24, 2.45) is 5.92 Å². The van der Waals surface area contributed by atoms with Gasteiger partial charge in [-0.15, -0.1) is 6.58 Å². The number of aromatic nitrogens is 1. The van der Waals surface area contributed by atoms with E-state index in [9.17, 15) is 13.2 Å². The van der Waals surface area contributed by atoms with E-state index < -0.39 is 11.6 Å². The number of pyridine rings is 1. The predicted octanol–water partition coefficient (Wildman–Crippen LogP) is 8.54. The highest BCUT2D eigenvalue weighted by molar-refractivity contribution is 5.32. The summed E-state index contributed by atoms with van der Waals surface area (Å²) in [6.45, 7) is 27.5. The van der Waals surface area contributed by atoms with Gasteiger partial charge in [0, 0.05) is 42.6 Å². The van der Waals surface area contributed by atoms with Gasteiger partial charge in [-0.3, -0.25) is 4.98 Å². The maximum atomic E-state index is 13.4. The molecule has 0 bridgehead atoms. The Hall–Kier alpha value is -2.50. The van der Waals surface area contributed by atoms with Gasteiger partial charge in [-0.2, -0.15) is 13.2 Å². The average molecular weight is 522 g/mol. The summed E-state index contributed by atoms with van der Waals surface area (Å²) in [6.07, 6.45) is 2.53. The van der Waals surface area contributed by atoms with Crippen molar-refractivity contribution < 1.29 is 13.2 Å². The molecule has 0 amide bonds. The molecule has 0 fully saturated rings. The second-order valence-corrected chi connectivity index (χ2v) is 9.50. The van der Waals surface area contributed by atoms with Crippen molar-refractivity contribution in [2.75, 3.05) is 13.6 Å². The van der Waals surface area contributed by atoms with Gasteiger partial charge in [0.25, 0.3) is 0 Å². The molecule has 0 saturated heterocycles. The fourth-order valence-electron chi connectivity index (χ4n) is 4.19. The van der Waals surface area contributed by atoms with E-state index in [1.165, 1.54) is 19.9 Å². The van der Waals surface area contributed by atoms with E-state index in [0.29, 0.717) is 6.42 Å². The third-order valence-electron chi connectivity index (χ3n) is 6.85. The number of nitrogens with zero attached hydrogens (tertiary/aromatic N) is 2. The van der Waals surface area contributed by atoms with Crippen LogP contribution in [0.2, 0.25) is 0 Å². The molecule has 0 saturated carbocycles.